The van der Waals surface area contributed by atoms with Crippen LogP contribution in [0.3, 0.4) is 0 Å². The highest BCUT2D eigenvalue weighted by Gasteiger charge is 2.01. The predicted molar refractivity (Wildman–Crippen MR) is 53.6 cm³/mol. The zero-order valence-electron chi connectivity index (χ0n) is 7.19. The Balaban J connectivity index is 2.36. The van der Waals surface area contributed by atoms with Gasteiger partial charge in [-0.15, -0.1) is 0 Å². The number of aromatic amines is 1. The molecule has 0 atom stereocenters. The second-order valence-electron chi connectivity index (χ2n) is 2.52. The van der Waals surface area contributed by atoms with Crippen LogP contribution in [0.5, 0.6) is 0 Å². The molecule has 66 valence electrons. The van der Waals surface area contributed by atoms with Crippen molar-refractivity contribution in [1.29, 1.82) is 0 Å². The lowest BCUT2D eigenvalue weighted by molar-refractivity contribution is 1.06. The Morgan fingerprint density at radius 1 is 1.31 bits per heavy atom. The van der Waals surface area contributed by atoms with Crippen LogP contribution in [0, 0.1) is 0 Å². The standard InChI is InChI=1S/C9H9N3S/c1-13-9-11-6-8(12-9)7-4-2-3-5-10-7/h2-6H,1H3,(H,11,12). The molecule has 0 bridgehead atoms. The Kier molecular flexibility index (Phi) is 2.31. The van der Waals surface area contributed by atoms with Crippen LogP contribution >= 0.6 is 11.8 Å². The van der Waals surface area contributed by atoms with Crippen molar-refractivity contribution in [2.24, 2.45) is 0 Å². The third-order valence-corrected chi connectivity index (χ3v) is 2.28. The van der Waals surface area contributed by atoms with Gasteiger partial charge in [0.1, 0.15) is 0 Å². The first-order valence-electron chi connectivity index (χ1n) is 3.90. The summed E-state index contributed by atoms with van der Waals surface area (Å²) < 4.78 is 0. The summed E-state index contributed by atoms with van der Waals surface area (Å²) in [6, 6.07) is 5.81. The van der Waals surface area contributed by atoms with E-state index in [9.17, 15) is 0 Å². The van der Waals surface area contributed by atoms with Crippen molar-refractivity contribution in [3.63, 3.8) is 0 Å². The molecule has 0 spiro atoms. The van der Waals surface area contributed by atoms with Crippen molar-refractivity contribution in [2.75, 3.05) is 6.26 Å². The molecular formula is C9H9N3S. The van der Waals surface area contributed by atoms with Crippen molar-refractivity contribution >= 4 is 11.8 Å². The molecule has 0 fully saturated rings. The minimum atomic E-state index is 0.917. The molecule has 2 aromatic heterocycles. The predicted octanol–water partition coefficient (Wildman–Crippen LogP) is 2.19. The Bertz CT molecular complexity index is 383. The highest BCUT2D eigenvalue weighted by molar-refractivity contribution is 7.98. The van der Waals surface area contributed by atoms with Crippen molar-refractivity contribution in [3.8, 4) is 11.4 Å². The molecule has 0 radical (unpaired) electrons. The molecule has 0 aromatic carbocycles. The third kappa shape index (κ3) is 1.72. The van der Waals surface area contributed by atoms with E-state index in [1.54, 1.807) is 24.2 Å². The van der Waals surface area contributed by atoms with Gasteiger partial charge in [-0.3, -0.25) is 4.98 Å². The monoisotopic (exact) mass is 191 g/mol. The quantitative estimate of drug-likeness (QED) is 0.740. The number of thioether (sulfide) groups is 1. The number of nitrogens with one attached hydrogen (secondary N) is 1. The largest absolute Gasteiger partial charge is 0.332 e. The van der Waals surface area contributed by atoms with Gasteiger partial charge in [-0.05, 0) is 18.4 Å². The maximum Gasteiger partial charge on any atom is 0.165 e. The molecule has 2 heterocycles. The van der Waals surface area contributed by atoms with Gasteiger partial charge in [-0.25, -0.2) is 4.98 Å². The van der Waals surface area contributed by atoms with Crippen LogP contribution < -0.4 is 0 Å². The van der Waals surface area contributed by atoms with Gasteiger partial charge in [-0.1, -0.05) is 17.8 Å². The molecule has 0 aliphatic carbocycles. The Morgan fingerprint density at radius 3 is 2.85 bits per heavy atom. The van der Waals surface area contributed by atoms with Gasteiger partial charge in [-0.2, -0.15) is 0 Å². The molecular weight excluding hydrogens is 182 g/mol. The second kappa shape index (κ2) is 3.62. The number of imidazole rings is 1. The minimum absolute atomic E-state index is 0.917. The van der Waals surface area contributed by atoms with E-state index in [0.29, 0.717) is 0 Å². The maximum atomic E-state index is 4.22. The SMILES string of the molecule is CSc1ncc(-c2ccccn2)[nH]1. The highest BCUT2D eigenvalue weighted by Crippen LogP contribution is 2.17. The fraction of sp³-hybridized carbons (Fsp3) is 0.111. The Morgan fingerprint density at radius 2 is 2.23 bits per heavy atom. The molecule has 0 amide bonds. The number of aromatic nitrogens is 3. The second-order valence-corrected chi connectivity index (χ2v) is 3.32. The number of hydrogen-bond acceptors (Lipinski definition) is 3. The number of rotatable bonds is 2. The van der Waals surface area contributed by atoms with Crippen LogP contribution in [-0.4, -0.2) is 21.2 Å². The fourth-order valence-electron chi connectivity index (χ4n) is 1.06. The molecule has 13 heavy (non-hydrogen) atoms. The third-order valence-electron chi connectivity index (χ3n) is 1.69. The average molecular weight is 191 g/mol. The van der Waals surface area contributed by atoms with E-state index in [4.69, 9.17) is 0 Å². The van der Waals surface area contributed by atoms with Crippen molar-refractivity contribution < 1.29 is 0 Å². The number of H-pyrrole nitrogens is 1. The van der Waals surface area contributed by atoms with Gasteiger partial charge >= 0.3 is 0 Å². The van der Waals surface area contributed by atoms with Gasteiger partial charge in [0.15, 0.2) is 5.16 Å². The van der Waals surface area contributed by atoms with Crippen LogP contribution in [0.15, 0.2) is 35.7 Å². The fourth-order valence-corrected chi connectivity index (χ4v) is 1.43. The van der Waals surface area contributed by atoms with Crippen molar-refractivity contribution in [2.45, 2.75) is 5.16 Å². The van der Waals surface area contributed by atoms with Crippen LogP contribution in [-0.2, 0) is 0 Å². The van der Waals surface area contributed by atoms with Gasteiger partial charge in [0.05, 0.1) is 17.6 Å². The molecule has 2 rings (SSSR count). The average Bonchev–Trinajstić information content (AvgIpc) is 2.67. The molecule has 0 aliphatic heterocycles. The summed E-state index contributed by atoms with van der Waals surface area (Å²) in [4.78, 5) is 11.6. The van der Waals surface area contributed by atoms with Gasteiger partial charge < -0.3 is 4.98 Å². The smallest absolute Gasteiger partial charge is 0.165 e. The first-order valence-corrected chi connectivity index (χ1v) is 5.13. The summed E-state index contributed by atoms with van der Waals surface area (Å²) in [6.45, 7) is 0. The van der Waals surface area contributed by atoms with Crippen molar-refractivity contribution in [1.82, 2.24) is 15.0 Å². The molecule has 1 N–H and O–H groups in total. The minimum Gasteiger partial charge on any atom is -0.332 e. The van der Waals surface area contributed by atoms with Crippen LogP contribution in [0.2, 0.25) is 0 Å². The highest BCUT2D eigenvalue weighted by atomic mass is 32.2. The van der Waals surface area contributed by atoms with Gasteiger partial charge in [0.25, 0.3) is 0 Å². The number of nitrogens with zero attached hydrogens (tertiary/aromatic N) is 2. The molecule has 4 heteroatoms. The molecule has 0 saturated carbocycles. The molecule has 3 nitrogen and oxygen atoms in total. The zero-order valence-corrected chi connectivity index (χ0v) is 8.01. The summed E-state index contributed by atoms with van der Waals surface area (Å²) in [5, 5.41) is 0.917. The van der Waals surface area contributed by atoms with Crippen LogP contribution in [0.25, 0.3) is 11.4 Å². The van der Waals surface area contributed by atoms with Gasteiger partial charge in [0.2, 0.25) is 0 Å². The van der Waals surface area contributed by atoms with E-state index < -0.39 is 0 Å². The first-order chi connectivity index (χ1) is 6.40. The van der Waals surface area contributed by atoms with E-state index in [2.05, 4.69) is 15.0 Å². The van der Waals surface area contributed by atoms with E-state index in [1.807, 2.05) is 24.5 Å². The lowest BCUT2D eigenvalue weighted by Crippen LogP contribution is -1.80. The lowest BCUT2D eigenvalue weighted by atomic mass is 10.3. The van der Waals surface area contributed by atoms with E-state index in [1.165, 1.54) is 0 Å². The van der Waals surface area contributed by atoms with Gasteiger partial charge in [0, 0.05) is 6.20 Å². The van der Waals surface area contributed by atoms with Crippen molar-refractivity contribution in [3.05, 3.63) is 30.6 Å². The van der Waals surface area contributed by atoms with E-state index >= 15 is 0 Å². The summed E-state index contributed by atoms with van der Waals surface area (Å²) in [5.41, 5.74) is 1.89. The summed E-state index contributed by atoms with van der Waals surface area (Å²) >= 11 is 1.59. The molecule has 0 saturated heterocycles. The lowest BCUT2D eigenvalue weighted by Gasteiger charge is -1.93. The summed E-state index contributed by atoms with van der Waals surface area (Å²) in [6.07, 6.45) is 5.56. The maximum absolute atomic E-state index is 4.22. The Hall–Kier alpha value is -1.29. The normalized spacial score (nSPS) is 10.2. The van der Waals surface area contributed by atoms with E-state index in [-0.39, 0.29) is 0 Å². The Labute approximate surface area is 80.6 Å². The molecule has 0 unspecified atom stereocenters. The van der Waals surface area contributed by atoms with E-state index in [0.717, 1.165) is 16.5 Å². The number of hydrogen-bond donors (Lipinski definition) is 1. The summed E-state index contributed by atoms with van der Waals surface area (Å²) in [5.74, 6) is 0. The zero-order chi connectivity index (χ0) is 9.10. The summed E-state index contributed by atoms with van der Waals surface area (Å²) in [7, 11) is 0. The molecule has 2 aromatic rings. The topological polar surface area (TPSA) is 41.6 Å². The first kappa shape index (κ1) is 8.31. The molecule has 0 aliphatic rings. The van der Waals surface area contributed by atoms with Crippen LogP contribution in [0.1, 0.15) is 0 Å². The van der Waals surface area contributed by atoms with Crippen LogP contribution in [0.4, 0.5) is 0 Å². The number of pyridine rings is 1.